The summed E-state index contributed by atoms with van der Waals surface area (Å²) in [5.41, 5.74) is 6.87. The highest BCUT2D eigenvalue weighted by atomic mass is 19.1. The number of carbonyl (C=O) groups excluding carboxylic acids is 1. The van der Waals surface area contributed by atoms with Crippen LogP contribution in [0.1, 0.15) is 21.5 Å². The number of nitrogen functional groups attached to an aromatic ring is 1. The molecule has 18 heavy (non-hydrogen) atoms. The summed E-state index contributed by atoms with van der Waals surface area (Å²) >= 11 is 0. The maximum atomic E-state index is 13.5. The van der Waals surface area contributed by atoms with Gasteiger partial charge in [0.1, 0.15) is 11.6 Å². The number of aryl methyl sites for hydroxylation is 1. The zero-order valence-electron chi connectivity index (χ0n) is 9.71. The molecule has 0 aliphatic carbocycles. The molecular weight excluding hydrogens is 236 g/mol. The minimum Gasteiger partial charge on any atom is -0.398 e. The number of hydrogen-bond donors (Lipinski definition) is 1. The molecule has 0 aliphatic heterocycles. The smallest absolute Gasteiger partial charge is 0.198 e. The summed E-state index contributed by atoms with van der Waals surface area (Å²) in [5.74, 6) is -2.16. The third kappa shape index (κ3) is 2.09. The Bertz CT molecular complexity index is 623. The normalized spacial score (nSPS) is 10.4. The molecule has 0 radical (unpaired) electrons. The molecule has 0 heterocycles. The number of anilines is 1. The summed E-state index contributed by atoms with van der Waals surface area (Å²) in [6, 6.07) is 7.79. The van der Waals surface area contributed by atoms with E-state index in [1.165, 1.54) is 6.07 Å². The SMILES string of the molecule is Cc1cccc(C(=O)c2ccc(F)cc2F)c1N. The van der Waals surface area contributed by atoms with Gasteiger partial charge in [0.25, 0.3) is 0 Å². The predicted molar refractivity (Wildman–Crippen MR) is 65.4 cm³/mol. The van der Waals surface area contributed by atoms with Gasteiger partial charge in [-0.25, -0.2) is 8.78 Å². The Hall–Kier alpha value is -2.23. The average Bonchev–Trinajstić information content (AvgIpc) is 2.32. The summed E-state index contributed by atoms with van der Waals surface area (Å²) in [6.45, 7) is 1.76. The number of hydrogen-bond acceptors (Lipinski definition) is 2. The molecule has 2 N–H and O–H groups in total. The molecule has 92 valence electrons. The number of benzene rings is 2. The number of ketones is 1. The van der Waals surface area contributed by atoms with Crippen molar-refractivity contribution in [3.8, 4) is 0 Å². The van der Waals surface area contributed by atoms with E-state index >= 15 is 0 Å². The van der Waals surface area contributed by atoms with Crippen LogP contribution in [-0.2, 0) is 0 Å². The van der Waals surface area contributed by atoms with Gasteiger partial charge in [0, 0.05) is 17.3 Å². The van der Waals surface area contributed by atoms with Crippen LogP contribution in [0, 0.1) is 18.6 Å². The van der Waals surface area contributed by atoms with Crippen molar-refractivity contribution < 1.29 is 13.6 Å². The fourth-order valence-corrected chi connectivity index (χ4v) is 1.70. The molecule has 0 saturated carbocycles. The summed E-state index contributed by atoms with van der Waals surface area (Å²) in [7, 11) is 0. The van der Waals surface area contributed by atoms with Crippen LogP contribution in [0.25, 0.3) is 0 Å². The molecule has 0 atom stereocenters. The van der Waals surface area contributed by atoms with Crippen molar-refractivity contribution >= 4 is 11.5 Å². The molecule has 2 aromatic carbocycles. The van der Waals surface area contributed by atoms with E-state index in [9.17, 15) is 13.6 Å². The number of halogens is 2. The monoisotopic (exact) mass is 247 g/mol. The zero-order valence-corrected chi connectivity index (χ0v) is 9.71. The summed E-state index contributed by atoms with van der Waals surface area (Å²) in [5, 5.41) is 0. The molecular formula is C14H11F2NO. The Morgan fingerprint density at radius 3 is 2.50 bits per heavy atom. The Morgan fingerprint density at radius 1 is 1.11 bits per heavy atom. The van der Waals surface area contributed by atoms with Gasteiger partial charge in [0.2, 0.25) is 0 Å². The number of nitrogens with two attached hydrogens (primary N) is 1. The van der Waals surface area contributed by atoms with E-state index in [1.54, 1.807) is 19.1 Å². The van der Waals surface area contributed by atoms with E-state index in [4.69, 9.17) is 5.73 Å². The predicted octanol–water partition coefficient (Wildman–Crippen LogP) is 3.09. The minimum absolute atomic E-state index is 0.186. The molecule has 0 aliphatic rings. The number of carbonyl (C=O) groups is 1. The minimum atomic E-state index is -0.888. The van der Waals surface area contributed by atoms with Gasteiger partial charge in [-0.1, -0.05) is 12.1 Å². The lowest BCUT2D eigenvalue weighted by Crippen LogP contribution is -2.08. The van der Waals surface area contributed by atoms with Crippen molar-refractivity contribution in [1.29, 1.82) is 0 Å². The summed E-state index contributed by atoms with van der Waals surface area (Å²) < 4.78 is 26.3. The van der Waals surface area contributed by atoms with Gasteiger partial charge < -0.3 is 5.73 Å². The lowest BCUT2D eigenvalue weighted by atomic mass is 9.99. The van der Waals surface area contributed by atoms with Crippen LogP contribution in [-0.4, -0.2) is 5.78 Å². The third-order valence-electron chi connectivity index (χ3n) is 2.74. The van der Waals surface area contributed by atoms with E-state index in [2.05, 4.69) is 0 Å². The van der Waals surface area contributed by atoms with Crippen LogP contribution in [0.3, 0.4) is 0 Å². The maximum Gasteiger partial charge on any atom is 0.198 e. The van der Waals surface area contributed by atoms with Crippen molar-refractivity contribution in [3.05, 3.63) is 64.7 Å². The van der Waals surface area contributed by atoms with Gasteiger partial charge >= 0.3 is 0 Å². The van der Waals surface area contributed by atoms with Crippen LogP contribution in [0.4, 0.5) is 14.5 Å². The van der Waals surface area contributed by atoms with E-state index in [0.717, 1.165) is 17.7 Å². The highest BCUT2D eigenvalue weighted by Crippen LogP contribution is 2.21. The Balaban J connectivity index is 2.51. The van der Waals surface area contributed by atoms with Gasteiger partial charge in [-0.05, 0) is 30.7 Å². The van der Waals surface area contributed by atoms with Crippen LogP contribution in [0.5, 0.6) is 0 Å². The Labute approximate surface area is 103 Å². The fourth-order valence-electron chi connectivity index (χ4n) is 1.70. The molecule has 0 spiro atoms. The molecule has 2 nitrogen and oxygen atoms in total. The summed E-state index contributed by atoms with van der Waals surface area (Å²) in [4.78, 5) is 12.1. The number of rotatable bonds is 2. The van der Waals surface area contributed by atoms with E-state index in [1.807, 2.05) is 0 Å². The molecule has 2 rings (SSSR count). The first-order valence-corrected chi connectivity index (χ1v) is 5.35. The molecule has 2 aromatic rings. The highest BCUT2D eigenvalue weighted by Gasteiger charge is 2.17. The van der Waals surface area contributed by atoms with E-state index in [0.29, 0.717) is 11.8 Å². The van der Waals surface area contributed by atoms with Gasteiger partial charge in [0.15, 0.2) is 5.78 Å². The molecule has 0 amide bonds. The lowest BCUT2D eigenvalue weighted by molar-refractivity contribution is 0.103. The molecule has 4 heteroatoms. The van der Waals surface area contributed by atoms with E-state index in [-0.39, 0.29) is 11.1 Å². The van der Waals surface area contributed by atoms with Gasteiger partial charge in [-0.15, -0.1) is 0 Å². The number of para-hydroxylation sites is 1. The largest absolute Gasteiger partial charge is 0.398 e. The highest BCUT2D eigenvalue weighted by molar-refractivity contribution is 6.12. The zero-order chi connectivity index (χ0) is 13.3. The average molecular weight is 247 g/mol. The topological polar surface area (TPSA) is 43.1 Å². The van der Waals surface area contributed by atoms with Gasteiger partial charge in [0.05, 0.1) is 5.56 Å². The molecule has 0 fully saturated rings. The van der Waals surface area contributed by atoms with Crippen LogP contribution in [0.2, 0.25) is 0 Å². The van der Waals surface area contributed by atoms with Crippen molar-refractivity contribution in [2.45, 2.75) is 6.92 Å². The van der Waals surface area contributed by atoms with Gasteiger partial charge in [-0.3, -0.25) is 4.79 Å². The molecule has 0 bridgehead atoms. The second kappa shape index (κ2) is 4.56. The van der Waals surface area contributed by atoms with Crippen molar-refractivity contribution in [1.82, 2.24) is 0 Å². The van der Waals surface area contributed by atoms with Crippen molar-refractivity contribution in [2.75, 3.05) is 5.73 Å². The van der Waals surface area contributed by atoms with Crippen molar-refractivity contribution in [2.24, 2.45) is 0 Å². The Kier molecular flexibility index (Phi) is 3.10. The quantitative estimate of drug-likeness (QED) is 0.654. The standard InChI is InChI=1S/C14H11F2NO/c1-8-3-2-4-11(13(8)17)14(18)10-6-5-9(15)7-12(10)16/h2-7H,17H2,1H3. The molecule has 0 unspecified atom stereocenters. The van der Waals surface area contributed by atoms with Crippen LogP contribution in [0.15, 0.2) is 36.4 Å². The van der Waals surface area contributed by atoms with E-state index < -0.39 is 17.4 Å². The maximum absolute atomic E-state index is 13.5. The van der Waals surface area contributed by atoms with Crippen LogP contribution >= 0.6 is 0 Å². The second-order valence-corrected chi connectivity index (χ2v) is 3.99. The lowest BCUT2D eigenvalue weighted by Gasteiger charge is -2.08. The molecule has 0 saturated heterocycles. The summed E-state index contributed by atoms with van der Waals surface area (Å²) in [6.07, 6.45) is 0. The van der Waals surface area contributed by atoms with Crippen molar-refractivity contribution in [3.63, 3.8) is 0 Å². The first-order valence-electron chi connectivity index (χ1n) is 5.35. The fraction of sp³-hybridized carbons (Fsp3) is 0.0714. The molecule has 0 aromatic heterocycles. The Morgan fingerprint density at radius 2 is 1.83 bits per heavy atom. The first-order chi connectivity index (χ1) is 8.50. The van der Waals surface area contributed by atoms with Gasteiger partial charge in [-0.2, -0.15) is 0 Å². The third-order valence-corrected chi connectivity index (χ3v) is 2.74. The van der Waals surface area contributed by atoms with Crippen LogP contribution < -0.4 is 5.73 Å². The first kappa shape index (κ1) is 12.2. The second-order valence-electron chi connectivity index (χ2n) is 3.99.